The summed E-state index contributed by atoms with van der Waals surface area (Å²) in [4.78, 5) is 36.8. The molecule has 106 valence electrons. The van der Waals surface area contributed by atoms with Crippen molar-refractivity contribution in [1.29, 1.82) is 0 Å². The lowest BCUT2D eigenvalue weighted by molar-refractivity contribution is -0.122. The first-order valence-electron chi connectivity index (χ1n) is 6.33. The molecule has 0 radical (unpaired) electrons. The van der Waals surface area contributed by atoms with E-state index in [1.165, 1.54) is 4.90 Å². The topological polar surface area (TPSA) is 66.5 Å². The summed E-state index contributed by atoms with van der Waals surface area (Å²) >= 11 is 5.93. The van der Waals surface area contributed by atoms with Crippen molar-refractivity contribution in [3.05, 3.63) is 28.8 Å². The van der Waals surface area contributed by atoms with Crippen LogP contribution in [0.3, 0.4) is 0 Å². The van der Waals surface area contributed by atoms with Gasteiger partial charge in [0.2, 0.25) is 5.91 Å². The normalized spacial score (nSPS) is 13.9. The maximum absolute atomic E-state index is 11.9. The van der Waals surface area contributed by atoms with E-state index in [1.54, 1.807) is 18.2 Å². The Morgan fingerprint density at radius 3 is 2.70 bits per heavy atom. The second-order valence-electron chi connectivity index (χ2n) is 5.05. The fraction of sp³-hybridized carbons (Fsp3) is 0.357. The molecule has 0 aromatic heterocycles. The van der Waals surface area contributed by atoms with Gasteiger partial charge in [0.15, 0.2) is 0 Å². The third-order valence-corrected chi connectivity index (χ3v) is 3.27. The lowest BCUT2D eigenvalue weighted by atomic mass is 10.1. The van der Waals surface area contributed by atoms with Crippen molar-refractivity contribution in [2.75, 3.05) is 18.0 Å². The summed E-state index contributed by atoms with van der Waals surface area (Å²) in [6.07, 6.45) is 0. The number of ketones is 1. The Morgan fingerprint density at radius 2 is 2.05 bits per heavy atom. The number of Topliss-reactive ketones (excluding diaryl/α,β-unsaturated/α-hetero) is 1. The molecule has 0 aliphatic carbocycles. The minimum atomic E-state index is -0.715. The highest BCUT2D eigenvalue weighted by atomic mass is 35.5. The SMILES string of the molecule is CC(C)CNC(=O)CN1C(=O)C(=O)c2c(Cl)cccc21. The van der Waals surface area contributed by atoms with Gasteiger partial charge in [-0.15, -0.1) is 0 Å². The lowest BCUT2D eigenvalue weighted by Crippen LogP contribution is -2.41. The Labute approximate surface area is 121 Å². The van der Waals surface area contributed by atoms with Gasteiger partial charge in [0, 0.05) is 6.54 Å². The summed E-state index contributed by atoms with van der Waals surface area (Å²) in [5, 5.41) is 2.94. The average molecular weight is 295 g/mol. The molecule has 5 nitrogen and oxygen atoms in total. The van der Waals surface area contributed by atoms with E-state index in [4.69, 9.17) is 11.6 Å². The molecule has 6 heteroatoms. The van der Waals surface area contributed by atoms with Crippen LogP contribution >= 0.6 is 11.6 Å². The van der Waals surface area contributed by atoms with Crippen LogP contribution in [0.5, 0.6) is 0 Å². The van der Waals surface area contributed by atoms with Crippen LogP contribution in [0.25, 0.3) is 0 Å². The Hall–Kier alpha value is -1.88. The number of hydrogen-bond donors (Lipinski definition) is 1. The highest BCUT2D eigenvalue weighted by Gasteiger charge is 2.38. The highest BCUT2D eigenvalue weighted by molar-refractivity contribution is 6.55. The van der Waals surface area contributed by atoms with E-state index < -0.39 is 11.7 Å². The number of nitrogens with zero attached hydrogens (tertiary/aromatic N) is 1. The molecule has 0 spiro atoms. The van der Waals surface area contributed by atoms with Crippen molar-refractivity contribution in [1.82, 2.24) is 5.32 Å². The Bertz CT molecular complexity index is 584. The fourth-order valence-electron chi connectivity index (χ4n) is 1.98. The molecule has 0 bridgehead atoms. The zero-order valence-electron chi connectivity index (χ0n) is 11.3. The first-order chi connectivity index (χ1) is 9.41. The molecular formula is C14H15ClN2O3. The minimum Gasteiger partial charge on any atom is -0.354 e. The number of nitrogens with one attached hydrogen (secondary N) is 1. The molecule has 1 N–H and O–H groups in total. The number of halogens is 1. The summed E-state index contributed by atoms with van der Waals surface area (Å²) in [7, 11) is 0. The van der Waals surface area contributed by atoms with Gasteiger partial charge in [-0.3, -0.25) is 19.3 Å². The number of hydrogen-bond acceptors (Lipinski definition) is 3. The van der Waals surface area contributed by atoms with E-state index in [9.17, 15) is 14.4 Å². The molecule has 0 saturated heterocycles. The largest absolute Gasteiger partial charge is 0.354 e. The molecule has 0 atom stereocenters. The lowest BCUT2D eigenvalue weighted by Gasteiger charge is -2.16. The predicted molar refractivity (Wildman–Crippen MR) is 76.0 cm³/mol. The molecule has 0 unspecified atom stereocenters. The smallest absolute Gasteiger partial charge is 0.300 e. The van der Waals surface area contributed by atoms with Crippen LogP contribution in [-0.2, 0) is 9.59 Å². The molecule has 1 heterocycles. The van der Waals surface area contributed by atoms with E-state index in [1.807, 2.05) is 13.8 Å². The third-order valence-electron chi connectivity index (χ3n) is 2.96. The van der Waals surface area contributed by atoms with Gasteiger partial charge in [-0.2, -0.15) is 0 Å². The van der Waals surface area contributed by atoms with Gasteiger partial charge < -0.3 is 5.32 Å². The van der Waals surface area contributed by atoms with E-state index in [-0.39, 0.29) is 23.0 Å². The molecule has 0 saturated carbocycles. The molecule has 1 aliphatic heterocycles. The minimum absolute atomic E-state index is 0.176. The number of rotatable bonds is 4. The van der Waals surface area contributed by atoms with Crippen molar-refractivity contribution in [3.63, 3.8) is 0 Å². The number of amides is 2. The zero-order valence-corrected chi connectivity index (χ0v) is 12.0. The van der Waals surface area contributed by atoms with Gasteiger partial charge in [0.1, 0.15) is 6.54 Å². The predicted octanol–water partition coefficient (Wildman–Crippen LogP) is 1.64. The third kappa shape index (κ3) is 2.67. The molecule has 1 aliphatic rings. The van der Waals surface area contributed by atoms with Crippen molar-refractivity contribution < 1.29 is 14.4 Å². The zero-order chi connectivity index (χ0) is 14.9. The maximum atomic E-state index is 11.9. The first-order valence-corrected chi connectivity index (χ1v) is 6.71. The molecule has 2 rings (SSSR count). The molecule has 2 amide bonds. The number of fused-ring (bicyclic) bond motifs is 1. The monoisotopic (exact) mass is 294 g/mol. The van der Waals surface area contributed by atoms with Crippen LogP contribution in [0.4, 0.5) is 5.69 Å². The van der Waals surface area contributed by atoms with Crippen LogP contribution in [0.1, 0.15) is 24.2 Å². The van der Waals surface area contributed by atoms with Gasteiger partial charge in [0.25, 0.3) is 11.7 Å². The van der Waals surface area contributed by atoms with Crippen LogP contribution in [0.2, 0.25) is 5.02 Å². The van der Waals surface area contributed by atoms with Gasteiger partial charge in [-0.25, -0.2) is 0 Å². The fourth-order valence-corrected chi connectivity index (χ4v) is 2.23. The second-order valence-corrected chi connectivity index (χ2v) is 5.46. The van der Waals surface area contributed by atoms with Gasteiger partial charge in [-0.1, -0.05) is 31.5 Å². The van der Waals surface area contributed by atoms with Gasteiger partial charge >= 0.3 is 0 Å². The van der Waals surface area contributed by atoms with Crippen molar-refractivity contribution >= 4 is 34.9 Å². The van der Waals surface area contributed by atoms with Crippen molar-refractivity contribution in [3.8, 4) is 0 Å². The van der Waals surface area contributed by atoms with E-state index in [0.29, 0.717) is 18.2 Å². The molecule has 20 heavy (non-hydrogen) atoms. The number of benzene rings is 1. The van der Waals surface area contributed by atoms with Crippen molar-refractivity contribution in [2.24, 2.45) is 5.92 Å². The Morgan fingerprint density at radius 1 is 1.35 bits per heavy atom. The van der Waals surface area contributed by atoms with E-state index in [0.717, 1.165) is 0 Å². The van der Waals surface area contributed by atoms with E-state index in [2.05, 4.69) is 5.32 Å². The molecule has 1 aromatic carbocycles. The van der Waals surface area contributed by atoms with E-state index >= 15 is 0 Å². The average Bonchev–Trinajstić information content (AvgIpc) is 2.63. The summed E-state index contributed by atoms with van der Waals surface area (Å²) in [6, 6.07) is 4.81. The van der Waals surface area contributed by atoms with Gasteiger partial charge in [0.05, 0.1) is 16.3 Å². The molecular weight excluding hydrogens is 280 g/mol. The highest BCUT2D eigenvalue weighted by Crippen LogP contribution is 2.33. The summed E-state index contributed by atoms with van der Waals surface area (Å²) in [5.74, 6) is -1.36. The Kier molecular flexibility index (Phi) is 4.09. The number of carbonyl (C=O) groups is 3. The molecule has 0 fully saturated rings. The van der Waals surface area contributed by atoms with Crippen LogP contribution in [0.15, 0.2) is 18.2 Å². The van der Waals surface area contributed by atoms with Crippen LogP contribution in [-0.4, -0.2) is 30.7 Å². The quantitative estimate of drug-likeness (QED) is 0.859. The van der Waals surface area contributed by atoms with Crippen LogP contribution < -0.4 is 10.2 Å². The van der Waals surface area contributed by atoms with Gasteiger partial charge in [-0.05, 0) is 18.1 Å². The summed E-state index contributed by atoms with van der Waals surface area (Å²) < 4.78 is 0. The second kappa shape index (κ2) is 5.63. The molecule has 1 aromatic rings. The summed E-state index contributed by atoms with van der Waals surface area (Å²) in [6.45, 7) is 4.29. The maximum Gasteiger partial charge on any atom is 0.300 e. The number of carbonyl (C=O) groups excluding carboxylic acids is 3. The summed E-state index contributed by atoms with van der Waals surface area (Å²) in [5.41, 5.74) is 0.572. The Balaban J connectivity index is 2.18. The van der Waals surface area contributed by atoms with Crippen molar-refractivity contribution in [2.45, 2.75) is 13.8 Å². The number of anilines is 1. The standard InChI is InChI=1S/C14H15ClN2O3/c1-8(2)6-16-11(18)7-17-10-5-3-4-9(15)12(10)13(19)14(17)20/h3-5,8H,6-7H2,1-2H3,(H,16,18). The van der Waals surface area contributed by atoms with Crippen LogP contribution in [0, 0.1) is 5.92 Å². The first kappa shape index (κ1) is 14.5.